The van der Waals surface area contributed by atoms with Crippen LogP contribution in [-0.4, -0.2) is 78.5 Å². The van der Waals surface area contributed by atoms with E-state index >= 15 is 0 Å². The largest absolute Gasteiger partial charge is 0.467 e. The highest BCUT2D eigenvalue weighted by Crippen LogP contribution is 2.34. The lowest BCUT2D eigenvalue weighted by molar-refractivity contribution is -0.152. The van der Waals surface area contributed by atoms with Crippen molar-refractivity contribution in [3.05, 3.63) is 65.0 Å². The number of esters is 1. The Labute approximate surface area is 315 Å². The van der Waals surface area contributed by atoms with Gasteiger partial charge in [0.05, 0.1) is 24.4 Å². The summed E-state index contributed by atoms with van der Waals surface area (Å²) in [5.74, 6) is -10.0. The van der Waals surface area contributed by atoms with E-state index < -0.39 is 109 Å². The molecule has 0 saturated carbocycles. The molecule has 4 atom stereocenters. The van der Waals surface area contributed by atoms with E-state index in [0.717, 1.165) is 19.2 Å². The lowest BCUT2D eigenvalue weighted by Gasteiger charge is -2.28. The van der Waals surface area contributed by atoms with E-state index in [0.29, 0.717) is 23.1 Å². The Morgan fingerprint density at radius 1 is 0.927 bits per heavy atom. The number of alkyl carbamates (subject to hydrolysis) is 1. The Hall–Kier alpha value is -4.88. The monoisotopic (exact) mass is 807 g/mol. The van der Waals surface area contributed by atoms with Gasteiger partial charge in [0.25, 0.3) is 5.91 Å². The van der Waals surface area contributed by atoms with Gasteiger partial charge in [0.2, 0.25) is 18.0 Å². The number of anilines is 1. The quantitative estimate of drug-likeness (QED) is 0.101. The second-order valence-corrected chi connectivity index (χ2v) is 14.2. The number of benzodiazepines with no additional fused rings is 1. The number of alkyl halides is 6. The van der Waals surface area contributed by atoms with Crippen molar-refractivity contribution in [2.24, 2.45) is 16.8 Å². The number of hydrogen-bond donors (Lipinski definition) is 4. The molecular weight excluding hydrogens is 767 g/mol. The molecule has 0 aromatic heterocycles. The first kappa shape index (κ1) is 44.5. The third-order valence-corrected chi connectivity index (χ3v) is 8.74. The highest BCUT2D eigenvalue weighted by molar-refractivity contribution is 7.98. The smallest absolute Gasteiger partial charge is 0.408 e. The van der Waals surface area contributed by atoms with Crippen molar-refractivity contribution in [2.45, 2.75) is 83.5 Å². The molecule has 2 aromatic carbocycles. The predicted octanol–water partition coefficient (Wildman–Crippen LogP) is 6.11. The van der Waals surface area contributed by atoms with Crippen LogP contribution in [0.1, 0.15) is 63.1 Å². The summed E-state index contributed by atoms with van der Waals surface area (Å²) in [6.07, 6.45) is -18.5. The van der Waals surface area contributed by atoms with E-state index in [1.165, 1.54) is 12.1 Å². The van der Waals surface area contributed by atoms with E-state index in [-0.39, 0.29) is 17.0 Å². The Morgan fingerprint density at radius 3 is 2.09 bits per heavy atom. The molecule has 1 aliphatic heterocycles. The minimum absolute atomic E-state index is 0.00314. The Kier molecular flexibility index (Phi) is 15.1. The maximum Gasteiger partial charge on any atom is 0.408 e. The molecule has 3 rings (SSSR count). The number of methoxy groups -OCH3 is 1. The van der Waals surface area contributed by atoms with Crippen LogP contribution < -0.4 is 20.7 Å². The number of para-hydroxylation sites is 1. The third-order valence-electron chi connectivity index (χ3n) is 7.90. The van der Waals surface area contributed by atoms with Gasteiger partial charge in [-0.1, -0.05) is 30.3 Å². The minimum Gasteiger partial charge on any atom is -0.467 e. The number of carbonyl (C=O) groups excluding carboxylic acids is 5. The molecule has 20 heteroatoms. The van der Waals surface area contributed by atoms with Gasteiger partial charge in [-0.25, -0.2) is 19.0 Å². The number of aryl methyl sites for hydroxylation is 1. The zero-order valence-electron chi connectivity index (χ0n) is 30.2. The zero-order chi connectivity index (χ0) is 41.3. The Bertz CT molecular complexity index is 1770. The zero-order valence-corrected chi connectivity index (χ0v) is 31.1. The topological polar surface area (TPSA) is 164 Å². The molecule has 0 bridgehead atoms. The number of nitrogens with zero attached hydrogens (tertiary/aromatic N) is 1. The van der Waals surface area contributed by atoms with Crippen molar-refractivity contribution < 1.29 is 64.2 Å². The number of benzene rings is 2. The van der Waals surface area contributed by atoms with Crippen LogP contribution in [0.5, 0.6) is 0 Å². The van der Waals surface area contributed by atoms with Gasteiger partial charge in [-0.05, 0) is 70.2 Å². The van der Waals surface area contributed by atoms with Gasteiger partial charge in [-0.2, -0.15) is 26.3 Å². The summed E-state index contributed by atoms with van der Waals surface area (Å²) in [7, 11) is 0.992. The van der Waals surface area contributed by atoms with Crippen LogP contribution in [0.3, 0.4) is 0 Å². The van der Waals surface area contributed by atoms with Gasteiger partial charge >= 0.3 is 24.4 Å². The van der Waals surface area contributed by atoms with E-state index in [2.05, 4.69) is 30.4 Å². The number of amides is 4. The summed E-state index contributed by atoms with van der Waals surface area (Å²) in [5, 5.41) is 6.99. The number of halogens is 7. The van der Waals surface area contributed by atoms with Gasteiger partial charge in [0, 0.05) is 35.6 Å². The highest BCUT2D eigenvalue weighted by atomic mass is 32.2. The van der Waals surface area contributed by atoms with Crippen LogP contribution in [0.15, 0.2) is 47.5 Å². The summed E-state index contributed by atoms with van der Waals surface area (Å²) in [6, 6.07) is 8.38. The Morgan fingerprint density at radius 2 is 1.53 bits per heavy atom. The minimum atomic E-state index is -4.92. The second kappa shape index (κ2) is 18.6. The van der Waals surface area contributed by atoms with Crippen molar-refractivity contribution >= 4 is 53.1 Å². The molecule has 1 aliphatic rings. The fourth-order valence-electron chi connectivity index (χ4n) is 5.39. The molecule has 0 unspecified atom stereocenters. The molecule has 1 heterocycles. The lowest BCUT2D eigenvalue weighted by atomic mass is 9.83. The standard InChI is InChI=1S/C35H40F7N5O7S/c1-18-8-6-11-23-25(18)45-30(50)27(44-26(23)19-9-7-10-20(36)16-19)46-28(48)21(12-14-34(37,38)39)22(13-15-35(40,41)42)29(49)47-55-17-24(31(51)53-5)43-32(52)54-33(2,3)4/h6-11,16,21-22,24,27H,12-15,17H2,1-5H3,(H,43,52)(H,45,50)(H,46,48)(H,47,49)/t21-,22+,24+,27-/m1/s1. The van der Waals surface area contributed by atoms with Gasteiger partial charge in [0.15, 0.2) is 0 Å². The van der Waals surface area contributed by atoms with E-state index in [4.69, 9.17) is 4.74 Å². The third kappa shape index (κ3) is 14.0. The summed E-state index contributed by atoms with van der Waals surface area (Å²) in [4.78, 5) is 69.7. The number of rotatable bonds is 14. The molecule has 55 heavy (non-hydrogen) atoms. The number of carbonyl (C=O) groups is 5. The van der Waals surface area contributed by atoms with Gasteiger partial charge in [-0.15, -0.1) is 0 Å². The maximum atomic E-state index is 14.3. The molecule has 4 N–H and O–H groups in total. The average molecular weight is 808 g/mol. The van der Waals surface area contributed by atoms with Crippen LogP contribution in [0.2, 0.25) is 0 Å². The summed E-state index contributed by atoms with van der Waals surface area (Å²) in [5.41, 5.74) is 0.235. The Balaban J connectivity index is 1.97. The molecular formula is C35H40F7N5O7S. The second-order valence-electron chi connectivity index (χ2n) is 13.4. The SMILES string of the molecule is COC(=O)[C@H](CSNC(=O)[C@@H](CCC(F)(F)F)[C@@H](CCC(F)(F)F)C(=O)N[C@H]1N=C(c2cccc(F)c2)c2cccc(C)c2NC1=O)NC(=O)OC(C)(C)C. The van der Waals surface area contributed by atoms with Crippen molar-refractivity contribution in [2.75, 3.05) is 18.2 Å². The molecule has 2 aromatic rings. The van der Waals surface area contributed by atoms with E-state index in [1.54, 1.807) is 45.9 Å². The molecule has 0 aliphatic carbocycles. The van der Waals surface area contributed by atoms with Gasteiger partial charge < -0.3 is 25.4 Å². The first-order valence-electron chi connectivity index (χ1n) is 16.7. The first-order chi connectivity index (χ1) is 25.5. The van der Waals surface area contributed by atoms with Gasteiger partial charge in [0.1, 0.15) is 17.5 Å². The van der Waals surface area contributed by atoms with Crippen molar-refractivity contribution in [3.8, 4) is 0 Å². The number of aliphatic imine (C=N–C) groups is 1. The van der Waals surface area contributed by atoms with Crippen LogP contribution in [0, 0.1) is 24.6 Å². The van der Waals surface area contributed by atoms with Crippen LogP contribution in [0.4, 0.5) is 41.2 Å². The van der Waals surface area contributed by atoms with Crippen molar-refractivity contribution in [1.82, 2.24) is 15.4 Å². The normalized spacial score (nSPS) is 16.3. The highest BCUT2D eigenvalue weighted by Gasteiger charge is 2.41. The molecule has 0 fully saturated rings. The summed E-state index contributed by atoms with van der Waals surface area (Å²) < 4.78 is 107. The molecule has 4 amide bonds. The first-order valence-corrected chi connectivity index (χ1v) is 17.6. The lowest BCUT2D eigenvalue weighted by Crippen LogP contribution is -2.49. The van der Waals surface area contributed by atoms with E-state index in [9.17, 15) is 54.7 Å². The van der Waals surface area contributed by atoms with Crippen LogP contribution in [0.25, 0.3) is 0 Å². The summed E-state index contributed by atoms with van der Waals surface area (Å²) in [6.45, 7) is 6.26. The van der Waals surface area contributed by atoms with Crippen molar-refractivity contribution in [1.29, 1.82) is 0 Å². The molecule has 0 spiro atoms. The summed E-state index contributed by atoms with van der Waals surface area (Å²) >= 11 is 0.397. The van der Waals surface area contributed by atoms with Crippen molar-refractivity contribution in [3.63, 3.8) is 0 Å². The predicted molar refractivity (Wildman–Crippen MR) is 187 cm³/mol. The molecule has 302 valence electrons. The molecule has 12 nitrogen and oxygen atoms in total. The fraction of sp³-hybridized carbons (Fsp3) is 0.486. The van der Waals surface area contributed by atoms with Gasteiger partial charge in [-0.3, -0.25) is 19.1 Å². The van der Waals surface area contributed by atoms with Crippen LogP contribution in [-0.2, 0) is 28.7 Å². The average Bonchev–Trinajstić information content (AvgIpc) is 3.20. The molecule has 0 saturated heterocycles. The fourth-order valence-corrected chi connectivity index (χ4v) is 6.15. The van der Waals surface area contributed by atoms with Crippen LogP contribution >= 0.6 is 11.9 Å². The van der Waals surface area contributed by atoms with E-state index in [1.807, 2.05) is 0 Å². The number of ether oxygens (including phenoxy) is 2. The number of fused-ring (bicyclic) bond motifs is 1. The number of nitrogens with one attached hydrogen (secondary N) is 4. The number of hydrogen-bond acceptors (Lipinski definition) is 9. The maximum absolute atomic E-state index is 14.3. The molecule has 0 radical (unpaired) electrons.